The molecule has 0 aliphatic carbocycles. The average molecular weight is 486 g/mol. The van der Waals surface area contributed by atoms with Gasteiger partial charge in [-0.05, 0) is 72.8 Å². The smallest absolute Gasteiger partial charge is 0.294 e. The molecule has 0 bridgehead atoms. The molecule has 164 valence electrons. The van der Waals surface area contributed by atoms with E-state index in [2.05, 4.69) is 0 Å². The van der Waals surface area contributed by atoms with Gasteiger partial charge >= 0.3 is 0 Å². The maximum absolute atomic E-state index is 11.3. The summed E-state index contributed by atoms with van der Waals surface area (Å²) in [5.41, 5.74) is 1.14. The molecule has 3 aromatic rings. The highest BCUT2D eigenvalue weighted by Gasteiger charge is 2.18. The molecule has 0 radical (unpaired) electrons. The van der Waals surface area contributed by atoms with E-state index in [4.69, 9.17) is 13.7 Å². The maximum Gasteiger partial charge on any atom is 0.294 e. The van der Waals surface area contributed by atoms with Crippen LogP contribution in [0.3, 0.4) is 0 Å². The first-order chi connectivity index (χ1) is 14.3. The van der Waals surface area contributed by atoms with Crippen molar-refractivity contribution in [3.63, 3.8) is 0 Å². The second-order valence-electron chi connectivity index (χ2n) is 6.24. The lowest BCUT2D eigenvalue weighted by atomic mass is 10.2. The Morgan fingerprint density at radius 3 is 0.774 bits per heavy atom. The van der Waals surface area contributed by atoms with Gasteiger partial charge in [-0.15, -0.1) is 0 Å². The molecule has 0 spiro atoms. The van der Waals surface area contributed by atoms with E-state index in [9.17, 15) is 25.3 Å². The first kappa shape index (κ1) is 22.9. The van der Waals surface area contributed by atoms with E-state index in [-0.39, 0.29) is 14.7 Å². The van der Waals surface area contributed by atoms with Gasteiger partial charge in [-0.25, -0.2) is 0 Å². The zero-order chi connectivity index (χ0) is 23.0. The van der Waals surface area contributed by atoms with E-state index >= 15 is 0 Å². The summed E-state index contributed by atoms with van der Waals surface area (Å²) >= 11 is 0. The maximum atomic E-state index is 11.3. The Hall–Kier alpha value is -2.81. The number of hydrogen-bond donors (Lipinski definition) is 3. The van der Waals surface area contributed by atoms with E-state index in [0.717, 1.165) is 36.4 Å². The quantitative estimate of drug-likeness (QED) is 0.442. The van der Waals surface area contributed by atoms with Gasteiger partial charge in [0, 0.05) is 17.1 Å². The number of rotatable bonds is 6. The Morgan fingerprint density at radius 2 is 0.613 bits per heavy atom. The minimum atomic E-state index is -4.43. The molecule has 3 rings (SSSR count). The van der Waals surface area contributed by atoms with Gasteiger partial charge in [-0.1, -0.05) is 0 Å². The van der Waals surface area contributed by atoms with Crippen molar-refractivity contribution < 1.29 is 38.9 Å². The highest BCUT2D eigenvalue weighted by atomic mass is 32.2. The summed E-state index contributed by atoms with van der Waals surface area (Å²) in [6, 6.07) is 15.1. The van der Waals surface area contributed by atoms with Gasteiger partial charge in [0.25, 0.3) is 30.4 Å². The topological polar surface area (TPSA) is 166 Å². The highest BCUT2D eigenvalue weighted by molar-refractivity contribution is 7.86. The van der Waals surface area contributed by atoms with Gasteiger partial charge < -0.3 is 4.90 Å². The van der Waals surface area contributed by atoms with E-state index in [1.54, 1.807) is 0 Å². The lowest BCUT2D eigenvalue weighted by Crippen LogP contribution is -2.11. The van der Waals surface area contributed by atoms with E-state index in [0.29, 0.717) is 17.1 Å². The number of nitrogens with zero attached hydrogens (tertiary/aromatic N) is 1. The molecule has 0 unspecified atom stereocenters. The van der Waals surface area contributed by atoms with Crippen LogP contribution >= 0.6 is 0 Å². The lowest BCUT2D eigenvalue weighted by Gasteiger charge is -2.25. The van der Waals surface area contributed by atoms with Crippen LogP contribution in [0.1, 0.15) is 0 Å². The molecule has 0 amide bonds. The van der Waals surface area contributed by atoms with Crippen LogP contribution in [0.4, 0.5) is 17.1 Å². The molecular formula is C18H15NO9S3. The normalized spacial score (nSPS) is 12.5. The summed E-state index contributed by atoms with van der Waals surface area (Å²) in [6.45, 7) is 0. The monoisotopic (exact) mass is 485 g/mol. The van der Waals surface area contributed by atoms with Gasteiger partial charge in [0.2, 0.25) is 0 Å². The molecule has 10 nitrogen and oxygen atoms in total. The van der Waals surface area contributed by atoms with Gasteiger partial charge in [-0.3, -0.25) is 13.7 Å². The summed E-state index contributed by atoms with van der Waals surface area (Å²) in [7, 11) is -13.3. The van der Waals surface area contributed by atoms with Crippen LogP contribution in [0.5, 0.6) is 0 Å². The van der Waals surface area contributed by atoms with Crippen LogP contribution in [0.25, 0.3) is 0 Å². The molecular weight excluding hydrogens is 470 g/mol. The predicted molar refractivity (Wildman–Crippen MR) is 111 cm³/mol. The zero-order valence-electron chi connectivity index (χ0n) is 15.4. The van der Waals surface area contributed by atoms with Crippen LogP contribution in [0.15, 0.2) is 87.5 Å². The Balaban J connectivity index is 2.14. The lowest BCUT2D eigenvalue weighted by molar-refractivity contribution is 0.481. The molecule has 0 heterocycles. The molecule has 0 saturated carbocycles. The van der Waals surface area contributed by atoms with Crippen molar-refractivity contribution in [3.8, 4) is 0 Å². The molecule has 0 aromatic heterocycles. The standard InChI is InChI=1S/C18H15NO9S3/c20-29(21,22)16-7-1-13(2-8-16)19(14-3-9-17(10-4-14)30(23,24)25)15-5-11-18(12-6-15)31(26,27)28/h1-12H,(H,20,21,22)(H,23,24,25)(H,26,27,28). The fourth-order valence-corrected chi connectivity index (χ4v) is 4.19. The van der Waals surface area contributed by atoms with Crippen LogP contribution in [-0.4, -0.2) is 38.9 Å². The predicted octanol–water partition coefficient (Wildman–Crippen LogP) is 2.90. The van der Waals surface area contributed by atoms with Crippen molar-refractivity contribution in [2.75, 3.05) is 4.90 Å². The molecule has 13 heteroatoms. The van der Waals surface area contributed by atoms with Crippen molar-refractivity contribution in [2.24, 2.45) is 0 Å². The average Bonchev–Trinajstić information content (AvgIpc) is 2.67. The summed E-state index contributed by atoms with van der Waals surface area (Å²) in [4.78, 5) is 0.480. The number of benzene rings is 3. The second-order valence-corrected chi connectivity index (χ2v) is 10.5. The van der Waals surface area contributed by atoms with Gasteiger partial charge in [0.05, 0.1) is 14.7 Å². The largest absolute Gasteiger partial charge is 0.311 e. The fraction of sp³-hybridized carbons (Fsp3) is 0. The third kappa shape index (κ3) is 5.28. The Morgan fingerprint density at radius 1 is 0.419 bits per heavy atom. The SMILES string of the molecule is O=S(=O)(O)c1ccc(N(c2ccc(S(=O)(=O)O)cc2)c2ccc(S(=O)(=O)O)cc2)cc1. The first-order valence-electron chi connectivity index (χ1n) is 8.30. The van der Waals surface area contributed by atoms with Gasteiger partial charge in [0.1, 0.15) is 0 Å². The summed E-state index contributed by atoms with van der Waals surface area (Å²) < 4.78 is 95.3. The van der Waals surface area contributed by atoms with Crippen molar-refractivity contribution in [2.45, 2.75) is 14.7 Å². The summed E-state index contributed by atoms with van der Waals surface area (Å²) in [5, 5.41) is 0. The third-order valence-electron chi connectivity index (χ3n) is 4.18. The van der Waals surface area contributed by atoms with Crippen LogP contribution < -0.4 is 4.90 Å². The van der Waals surface area contributed by atoms with E-state index in [1.165, 1.54) is 41.3 Å². The zero-order valence-corrected chi connectivity index (χ0v) is 17.8. The van der Waals surface area contributed by atoms with Crippen LogP contribution in [0.2, 0.25) is 0 Å². The summed E-state index contributed by atoms with van der Waals surface area (Å²) in [5.74, 6) is 0. The third-order valence-corrected chi connectivity index (χ3v) is 6.78. The Kier molecular flexibility index (Phi) is 5.92. The molecule has 3 aromatic carbocycles. The van der Waals surface area contributed by atoms with Crippen LogP contribution in [-0.2, 0) is 30.4 Å². The van der Waals surface area contributed by atoms with Crippen molar-refractivity contribution in [1.29, 1.82) is 0 Å². The molecule has 0 aliphatic heterocycles. The Labute approximate surface area is 178 Å². The van der Waals surface area contributed by atoms with Crippen molar-refractivity contribution in [1.82, 2.24) is 0 Å². The molecule has 3 N–H and O–H groups in total. The minimum Gasteiger partial charge on any atom is -0.311 e. The molecule has 0 saturated heterocycles. The fourth-order valence-electron chi connectivity index (χ4n) is 2.75. The van der Waals surface area contributed by atoms with Gasteiger partial charge in [0.15, 0.2) is 0 Å². The molecule has 0 atom stereocenters. The van der Waals surface area contributed by atoms with Crippen molar-refractivity contribution >= 4 is 47.4 Å². The highest BCUT2D eigenvalue weighted by Crippen LogP contribution is 2.35. The van der Waals surface area contributed by atoms with Gasteiger partial charge in [-0.2, -0.15) is 25.3 Å². The minimum absolute atomic E-state index is 0.348. The van der Waals surface area contributed by atoms with E-state index < -0.39 is 30.4 Å². The summed E-state index contributed by atoms with van der Waals surface area (Å²) in [6.07, 6.45) is 0. The van der Waals surface area contributed by atoms with E-state index in [1.807, 2.05) is 0 Å². The molecule has 0 aliphatic rings. The number of hydrogen-bond acceptors (Lipinski definition) is 7. The first-order valence-corrected chi connectivity index (χ1v) is 12.6. The second kappa shape index (κ2) is 8.03. The Bertz CT molecular complexity index is 1230. The molecule has 31 heavy (non-hydrogen) atoms. The number of anilines is 3. The van der Waals surface area contributed by atoms with Crippen molar-refractivity contribution in [3.05, 3.63) is 72.8 Å². The molecule has 0 fully saturated rings. The van der Waals surface area contributed by atoms with Crippen LogP contribution in [0, 0.1) is 0 Å².